The van der Waals surface area contributed by atoms with Crippen molar-refractivity contribution in [3.05, 3.63) is 76.1 Å². The maximum Gasteiger partial charge on any atom is 0.220 e. The van der Waals surface area contributed by atoms with Gasteiger partial charge in [0.15, 0.2) is 0 Å². The predicted molar refractivity (Wildman–Crippen MR) is 98.9 cm³/mol. The van der Waals surface area contributed by atoms with Crippen molar-refractivity contribution in [3.63, 3.8) is 0 Å². The van der Waals surface area contributed by atoms with Gasteiger partial charge in [-0.1, -0.05) is 18.2 Å². The predicted octanol–water partition coefficient (Wildman–Crippen LogP) is 3.93. The van der Waals surface area contributed by atoms with Crippen LogP contribution in [0.1, 0.15) is 23.1 Å². The van der Waals surface area contributed by atoms with Crippen molar-refractivity contribution in [1.82, 2.24) is 10.3 Å². The minimum absolute atomic E-state index is 0.00415. The van der Waals surface area contributed by atoms with E-state index in [1.54, 1.807) is 29.7 Å². The van der Waals surface area contributed by atoms with Crippen LogP contribution < -0.4 is 5.32 Å². The van der Waals surface area contributed by atoms with Crippen LogP contribution in [0.15, 0.2) is 59.4 Å². The highest BCUT2D eigenvalue weighted by molar-refractivity contribution is 7.08. The molecule has 5 heteroatoms. The van der Waals surface area contributed by atoms with Gasteiger partial charge in [0.2, 0.25) is 5.91 Å². The monoisotopic (exact) mass is 347 g/mol. The Labute approximate surface area is 150 Å². The molecule has 3 aromatic rings. The average molecular weight is 347 g/mol. The fourth-order valence-electron chi connectivity index (χ4n) is 2.53. The molecule has 25 heavy (non-hydrogen) atoms. The molecule has 0 aliphatic rings. The molecule has 124 valence electrons. The van der Waals surface area contributed by atoms with Crippen molar-refractivity contribution in [3.8, 4) is 17.3 Å². The van der Waals surface area contributed by atoms with Crippen molar-refractivity contribution in [2.45, 2.75) is 19.4 Å². The van der Waals surface area contributed by atoms with Crippen molar-refractivity contribution in [2.75, 3.05) is 0 Å². The number of pyridine rings is 1. The van der Waals surface area contributed by atoms with Gasteiger partial charge in [-0.15, -0.1) is 0 Å². The van der Waals surface area contributed by atoms with Crippen LogP contribution in [0.3, 0.4) is 0 Å². The van der Waals surface area contributed by atoms with E-state index < -0.39 is 0 Å². The molecule has 4 nitrogen and oxygen atoms in total. The number of nitrogens with one attached hydrogen (secondary N) is 1. The van der Waals surface area contributed by atoms with Crippen molar-refractivity contribution < 1.29 is 4.79 Å². The molecule has 0 saturated heterocycles. The van der Waals surface area contributed by atoms with Gasteiger partial charge in [0.25, 0.3) is 0 Å². The summed E-state index contributed by atoms with van der Waals surface area (Å²) in [4.78, 5) is 16.6. The number of aryl methyl sites for hydroxylation is 1. The first-order valence-electron chi connectivity index (χ1n) is 7.98. The molecule has 0 unspecified atom stereocenters. The Balaban J connectivity index is 1.55. The maximum absolute atomic E-state index is 12.1. The summed E-state index contributed by atoms with van der Waals surface area (Å²) in [5, 5.41) is 15.8. The summed E-state index contributed by atoms with van der Waals surface area (Å²) in [6, 6.07) is 15.3. The summed E-state index contributed by atoms with van der Waals surface area (Å²) >= 11 is 1.63. The standard InChI is InChI=1S/C20H17N3OS/c21-12-16-5-3-15(4-6-16)7-8-19(24)23-13-17-2-1-10-22-20(17)18-9-11-25-14-18/h1-6,9-11,14H,7-8,13H2,(H,23,24). The van der Waals surface area contributed by atoms with Crippen LogP contribution in [0.5, 0.6) is 0 Å². The second kappa shape index (κ2) is 8.22. The fourth-order valence-corrected chi connectivity index (χ4v) is 3.17. The summed E-state index contributed by atoms with van der Waals surface area (Å²) < 4.78 is 0. The minimum Gasteiger partial charge on any atom is -0.352 e. The number of benzene rings is 1. The van der Waals surface area contributed by atoms with Crippen LogP contribution >= 0.6 is 11.3 Å². The topological polar surface area (TPSA) is 65.8 Å². The smallest absolute Gasteiger partial charge is 0.220 e. The Kier molecular flexibility index (Phi) is 5.55. The van der Waals surface area contributed by atoms with Crippen molar-refractivity contribution in [1.29, 1.82) is 5.26 Å². The number of rotatable bonds is 6. The lowest BCUT2D eigenvalue weighted by atomic mass is 10.1. The average Bonchev–Trinajstić information content (AvgIpc) is 3.20. The minimum atomic E-state index is 0.00415. The van der Waals surface area contributed by atoms with E-state index >= 15 is 0 Å². The van der Waals surface area contributed by atoms with Crippen LogP contribution in [0.2, 0.25) is 0 Å². The molecule has 0 bridgehead atoms. The molecule has 2 heterocycles. The van der Waals surface area contributed by atoms with Crippen LogP contribution in [-0.2, 0) is 17.8 Å². The van der Waals surface area contributed by atoms with Crippen LogP contribution in [-0.4, -0.2) is 10.9 Å². The lowest BCUT2D eigenvalue weighted by Gasteiger charge is -2.09. The van der Waals surface area contributed by atoms with Gasteiger partial charge in [0.1, 0.15) is 0 Å². The molecule has 0 radical (unpaired) electrons. The number of hydrogen-bond acceptors (Lipinski definition) is 4. The molecule has 1 amide bonds. The summed E-state index contributed by atoms with van der Waals surface area (Å²) in [5.41, 5.74) is 4.68. The van der Waals surface area contributed by atoms with E-state index in [0.717, 1.165) is 22.4 Å². The van der Waals surface area contributed by atoms with E-state index in [1.807, 2.05) is 35.7 Å². The van der Waals surface area contributed by atoms with Crippen molar-refractivity contribution in [2.24, 2.45) is 0 Å². The molecule has 0 fully saturated rings. The van der Waals surface area contributed by atoms with E-state index in [9.17, 15) is 4.79 Å². The third kappa shape index (κ3) is 4.52. The van der Waals surface area contributed by atoms with Gasteiger partial charge in [-0.25, -0.2) is 0 Å². The lowest BCUT2D eigenvalue weighted by Crippen LogP contribution is -2.23. The quantitative estimate of drug-likeness (QED) is 0.735. The number of thiophene rings is 1. The number of hydrogen-bond donors (Lipinski definition) is 1. The number of amides is 1. The van der Waals surface area contributed by atoms with Gasteiger partial charge in [-0.2, -0.15) is 16.6 Å². The molecule has 2 aromatic heterocycles. The molecule has 0 spiro atoms. The molecule has 0 atom stereocenters. The Bertz CT molecular complexity index is 880. The van der Waals surface area contributed by atoms with E-state index in [1.165, 1.54) is 0 Å². The Morgan fingerprint density at radius 3 is 2.76 bits per heavy atom. The molecule has 1 aromatic carbocycles. The molecule has 0 aliphatic carbocycles. The van der Waals surface area contributed by atoms with Gasteiger partial charge in [0, 0.05) is 30.1 Å². The SMILES string of the molecule is N#Cc1ccc(CCC(=O)NCc2cccnc2-c2ccsc2)cc1. The second-order valence-electron chi connectivity index (χ2n) is 5.61. The number of carbonyl (C=O) groups is 1. The van der Waals surface area contributed by atoms with Gasteiger partial charge >= 0.3 is 0 Å². The van der Waals surface area contributed by atoms with Gasteiger partial charge < -0.3 is 5.32 Å². The molecule has 3 rings (SSSR count). The summed E-state index contributed by atoms with van der Waals surface area (Å²) in [6.07, 6.45) is 2.84. The highest BCUT2D eigenvalue weighted by Gasteiger charge is 2.08. The first-order chi connectivity index (χ1) is 12.3. The maximum atomic E-state index is 12.1. The summed E-state index contributed by atoms with van der Waals surface area (Å²) in [5.74, 6) is 0.00415. The zero-order chi connectivity index (χ0) is 17.5. The largest absolute Gasteiger partial charge is 0.352 e. The Hall–Kier alpha value is -2.97. The van der Waals surface area contributed by atoms with Crippen molar-refractivity contribution >= 4 is 17.2 Å². The number of nitrogens with zero attached hydrogens (tertiary/aromatic N) is 2. The van der Waals surface area contributed by atoms with Crippen LogP contribution in [0.25, 0.3) is 11.3 Å². The number of aromatic nitrogens is 1. The van der Waals surface area contributed by atoms with E-state index in [-0.39, 0.29) is 5.91 Å². The highest BCUT2D eigenvalue weighted by atomic mass is 32.1. The third-order valence-corrected chi connectivity index (χ3v) is 4.57. The number of nitriles is 1. The fraction of sp³-hybridized carbons (Fsp3) is 0.150. The molecule has 1 N–H and O–H groups in total. The van der Waals surface area contributed by atoms with E-state index in [0.29, 0.717) is 24.9 Å². The summed E-state index contributed by atoms with van der Waals surface area (Å²) in [7, 11) is 0. The van der Waals surface area contributed by atoms with Gasteiger partial charge in [-0.3, -0.25) is 9.78 Å². The van der Waals surface area contributed by atoms with Gasteiger partial charge in [0.05, 0.1) is 17.3 Å². The van der Waals surface area contributed by atoms with Gasteiger partial charge in [-0.05, 0) is 47.2 Å². The first kappa shape index (κ1) is 16.9. The number of carbonyl (C=O) groups excluding carboxylic acids is 1. The molecular formula is C20H17N3OS. The molecule has 0 saturated carbocycles. The lowest BCUT2D eigenvalue weighted by molar-refractivity contribution is -0.121. The normalized spacial score (nSPS) is 10.2. The molecular weight excluding hydrogens is 330 g/mol. The Morgan fingerprint density at radius 1 is 1.20 bits per heavy atom. The van der Waals surface area contributed by atoms with E-state index in [4.69, 9.17) is 5.26 Å². The third-order valence-electron chi connectivity index (χ3n) is 3.89. The van der Waals surface area contributed by atoms with Crippen LogP contribution in [0.4, 0.5) is 0 Å². The zero-order valence-electron chi connectivity index (χ0n) is 13.6. The zero-order valence-corrected chi connectivity index (χ0v) is 14.4. The molecule has 0 aliphatic heterocycles. The first-order valence-corrected chi connectivity index (χ1v) is 8.93. The van der Waals surface area contributed by atoms with E-state index in [2.05, 4.69) is 21.8 Å². The summed E-state index contributed by atoms with van der Waals surface area (Å²) in [6.45, 7) is 0.464. The second-order valence-corrected chi connectivity index (χ2v) is 6.39. The highest BCUT2D eigenvalue weighted by Crippen LogP contribution is 2.23. The Morgan fingerprint density at radius 2 is 2.04 bits per heavy atom. The van der Waals surface area contributed by atoms with Crippen LogP contribution in [0, 0.1) is 11.3 Å².